The Kier molecular flexibility index (Phi) is 10.3. The normalized spacial score (nSPS) is 20.1. The van der Waals surface area contributed by atoms with Crippen molar-refractivity contribution in [2.75, 3.05) is 40.3 Å². The van der Waals surface area contributed by atoms with Crippen LogP contribution in [0.15, 0.2) is 35.3 Å². The second kappa shape index (κ2) is 11.7. The highest BCUT2D eigenvalue weighted by molar-refractivity contribution is 14.0. The second-order valence-electron chi connectivity index (χ2n) is 6.28. The summed E-state index contributed by atoms with van der Waals surface area (Å²) in [6.45, 7) is 5.77. The maximum Gasteiger partial charge on any atom is 0.191 e. The molecule has 0 aliphatic carbocycles. The summed E-state index contributed by atoms with van der Waals surface area (Å²) in [6.07, 6.45) is 2.38. The van der Waals surface area contributed by atoms with E-state index in [4.69, 9.17) is 4.74 Å². The van der Waals surface area contributed by atoms with Crippen molar-refractivity contribution in [3.63, 3.8) is 0 Å². The van der Waals surface area contributed by atoms with Gasteiger partial charge in [0, 0.05) is 32.7 Å². The van der Waals surface area contributed by atoms with Crippen molar-refractivity contribution in [1.29, 1.82) is 0 Å². The summed E-state index contributed by atoms with van der Waals surface area (Å²) in [6, 6.07) is 11.0. The minimum Gasteiger partial charge on any atom is -0.374 e. The topological polar surface area (TPSA) is 48.9 Å². The molecule has 136 valence electrons. The number of aryl methyl sites for hydroxylation is 1. The number of nitrogens with zero attached hydrogens (tertiary/aromatic N) is 2. The number of hydrogen-bond donors (Lipinski definition) is 2. The summed E-state index contributed by atoms with van der Waals surface area (Å²) in [5.74, 6) is 0.849. The Bertz CT molecular complexity index is 483. The van der Waals surface area contributed by atoms with Gasteiger partial charge in [0.05, 0.1) is 12.7 Å². The predicted octanol–water partition coefficient (Wildman–Crippen LogP) is 2.12. The highest BCUT2D eigenvalue weighted by atomic mass is 127. The zero-order valence-corrected chi connectivity index (χ0v) is 17.3. The molecule has 0 bridgehead atoms. The predicted molar refractivity (Wildman–Crippen MR) is 111 cm³/mol. The van der Waals surface area contributed by atoms with Gasteiger partial charge in [0.25, 0.3) is 0 Å². The summed E-state index contributed by atoms with van der Waals surface area (Å²) in [7, 11) is 3.95. The van der Waals surface area contributed by atoms with E-state index in [9.17, 15) is 0 Å². The van der Waals surface area contributed by atoms with Crippen molar-refractivity contribution in [1.82, 2.24) is 15.5 Å². The summed E-state index contributed by atoms with van der Waals surface area (Å²) in [5.41, 5.74) is 1.38. The van der Waals surface area contributed by atoms with Gasteiger partial charge in [-0.05, 0) is 32.4 Å². The lowest BCUT2D eigenvalue weighted by atomic mass is 10.1. The van der Waals surface area contributed by atoms with Gasteiger partial charge < -0.3 is 20.3 Å². The van der Waals surface area contributed by atoms with Crippen LogP contribution < -0.4 is 10.6 Å². The van der Waals surface area contributed by atoms with Crippen LogP contribution in [0.3, 0.4) is 0 Å². The minimum absolute atomic E-state index is 0. The molecule has 0 spiro atoms. The van der Waals surface area contributed by atoms with E-state index in [1.54, 1.807) is 0 Å². The molecule has 2 unspecified atom stereocenters. The average molecular weight is 446 g/mol. The Morgan fingerprint density at radius 1 is 1.38 bits per heavy atom. The van der Waals surface area contributed by atoms with Crippen molar-refractivity contribution >= 4 is 29.9 Å². The summed E-state index contributed by atoms with van der Waals surface area (Å²) >= 11 is 0. The van der Waals surface area contributed by atoms with Gasteiger partial charge in [0.15, 0.2) is 5.96 Å². The van der Waals surface area contributed by atoms with E-state index in [-0.39, 0.29) is 30.1 Å². The summed E-state index contributed by atoms with van der Waals surface area (Å²) in [5, 5.41) is 6.83. The van der Waals surface area contributed by atoms with Crippen LogP contribution in [0.1, 0.15) is 18.9 Å². The fraction of sp³-hybridized carbons (Fsp3) is 0.611. The van der Waals surface area contributed by atoms with Gasteiger partial charge >= 0.3 is 0 Å². The van der Waals surface area contributed by atoms with Crippen LogP contribution in [-0.2, 0) is 11.2 Å². The lowest BCUT2D eigenvalue weighted by Crippen LogP contribution is -2.49. The molecule has 1 fully saturated rings. The van der Waals surface area contributed by atoms with Crippen LogP contribution in [-0.4, -0.2) is 63.3 Å². The smallest absolute Gasteiger partial charge is 0.191 e. The van der Waals surface area contributed by atoms with Crippen molar-refractivity contribution in [2.24, 2.45) is 4.99 Å². The van der Waals surface area contributed by atoms with Crippen LogP contribution in [0, 0.1) is 0 Å². The van der Waals surface area contributed by atoms with Crippen molar-refractivity contribution < 1.29 is 4.74 Å². The molecule has 0 saturated carbocycles. The van der Waals surface area contributed by atoms with Gasteiger partial charge in [0.2, 0.25) is 0 Å². The Morgan fingerprint density at radius 3 is 2.79 bits per heavy atom. The standard InChI is InChI=1S/C18H30N4O.HI/c1-15(9-10-16-7-5-4-6-8-16)21-18(19-2)20-13-17-14-22(3)11-12-23-17;/h4-8,15,17H,9-14H2,1-3H3,(H2,19,20,21);1H. The molecule has 0 amide bonds. The molecule has 24 heavy (non-hydrogen) atoms. The van der Waals surface area contributed by atoms with Crippen LogP contribution in [0.5, 0.6) is 0 Å². The Hall–Kier alpha value is -0.860. The lowest BCUT2D eigenvalue weighted by molar-refractivity contribution is -0.0161. The van der Waals surface area contributed by atoms with Crippen LogP contribution in [0.25, 0.3) is 0 Å². The summed E-state index contributed by atoms with van der Waals surface area (Å²) in [4.78, 5) is 6.61. The molecule has 1 aliphatic heterocycles. The highest BCUT2D eigenvalue weighted by Crippen LogP contribution is 2.05. The molecule has 6 heteroatoms. The van der Waals surface area contributed by atoms with Crippen molar-refractivity contribution in [3.8, 4) is 0 Å². The first-order valence-corrected chi connectivity index (χ1v) is 8.48. The number of nitrogens with one attached hydrogen (secondary N) is 2. The number of aliphatic imine (C=N–C) groups is 1. The van der Waals surface area contributed by atoms with Gasteiger partial charge in [-0.1, -0.05) is 30.3 Å². The van der Waals surface area contributed by atoms with Gasteiger partial charge in [0.1, 0.15) is 0 Å². The monoisotopic (exact) mass is 446 g/mol. The third-order valence-corrected chi connectivity index (χ3v) is 4.15. The van der Waals surface area contributed by atoms with Gasteiger partial charge in [-0.25, -0.2) is 0 Å². The quantitative estimate of drug-likeness (QED) is 0.400. The Balaban J connectivity index is 0.00000288. The zero-order valence-electron chi connectivity index (χ0n) is 15.0. The molecule has 2 atom stereocenters. The molecule has 1 aromatic carbocycles. The molecular formula is C18H31IN4O. The molecule has 1 aromatic rings. The Morgan fingerprint density at radius 2 is 2.12 bits per heavy atom. The van der Waals surface area contributed by atoms with E-state index in [1.165, 1.54) is 5.56 Å². The SMILES string of the molecule is CN=C(NCC1CN(C)CCO1)NC(C)CCc1ccccc1.I. The van der Waals surface area contributed by atoms with E-state index >= 15 is 0 Å². The summed E-state index contributed by atoms with van der Waals surface area (Å²) < 4.78 is 5.77. The fourth-order valence-corrected chi connectivity index (χ4v) is 2.73. The number of morpholine rings is 1. The molecule has 1 aliphatic rings. The third-order valence-electron chi connectivity index (χ3n) is 4.15. The van der Waals surface area contributed by atoms with Gasteiger partial charge in [-0.15, -0.1) is 24.0 Å². The number of rotatable bonds is 6. The first kappa shape index (κ1) is 21.2. The number of hydrogen-bond acceptors (Lipinski definition) is 3. The van der Waals surface area contributed by atoms with Crippen LogP contribution in [0.4, 0.5) is 0 Å². The van der Waals surface area contributed by atoms with Crippen LogP contribution in [0.2, 0.25) is 0 Å². The third kappa shape index (κ3) is 7.81. The van der Waals surface area contributed by atoms with E-state index in [2.05, 4.69) is 64.8 Å². The number of guanidine groups is 1. The Labute approximate surface area is 163 Å². The molecule has 0 aromatic heterocycles. The van der Waals surface area contributed by atoms with Crippen molar-refractivity contribution in [2.45, 2.75) is 31.9 Å². The molecule has 5 nitrogen and oxygen atoms in total. The van der Waals surface area contributed by atoms with Crippen molar-refractivity contribution in [3.05, 3.63) is 35.9 Å². The van der Waals surface area contributed by atoms with E-state index in [0.29, 0.717) is 6.04 Å². The number of likely N-dealkylation sites (N-methyl/N-ethyl adjacent to an activating group) is 1. The largest absolute Gasteiger partial charge is 0.374 e. The molecule has 2 rings (SSSR count). The minimum atomic E-state index is 0. The number of ether oxygens (including phenoxy) is 1. The number of halogens is 1. The lowest BCUT2D eigenvalue weighted by Gasteiger charge is -2.30. The van der Waals surface area contributed by atoms with E-state index < -0.39 is 0 Å². The van der Waals surface area contributed by atoms with Gasteiger partial charge in [-0.2, -0.15) is 0 Å². The molecule has 0 radical (unpaired) electrons. The highest BCUT2D eigenvalue weighted by Gasteiger charge is 2.18. The number of benzene rings is 1. The molecule has 2 N–H and O–H groups in total. The zero-order chi connectivity index (χ0) is 16.5. The van der Waals surface area contributed by atoms with Crippen LogP contribution >= 0.6 is 24.0 Å². The van der Waals surface area contributed by atoms with E-state index in [1.807, 2.05) is 7.05 Å². The van der Waals surface area contributed by atoms with Gasteiger partial charge in [-0.3, -0.25) is 4.99 Å². The first-order chi connectivity index (χ1) is 11.2. The molecule has 1 heterocycles. The first-order valence-electron chi connectivity index (χ1n) is 8.48. The fourth-order valence-electron chi connectivity index (χ4n) is 2.73. The van der Waals surface area contributed by atoms with E-state index in [0.717, 1.165) is 45.0 Å². The maximum atomic E-state index is 5.77. The molecular weight excluding hydrogens is 415 g/mol. The molecule has 1 saturated heterocycles. The average Bonchev–Trinajstić information content (AvgIpc) is 2.58. The second-order valence-corrected chi connectivity index (χ2v) is 6.28. The maximum absolute atomic E-state index is 5.77.